The molecule has 0 spiro atoms. The summed E-state index contributed by atoms with van der Waals surface area (Å²) in [5.74, 6) is 0. The van der Waals surface area contributed by atoms with Crippen LogP contribution in [0.25, 0.3) is 0 Å². The van der Waals surface area contributed by atoms with Crippen LogP contribution in [0.2, 0.25) is 0 Å². The van der Waals surface area contributed by atoms with E-state index >= 15 is 0 Å². The summed E-state index contributed by atoms with van der Waals surface area (Å²) in [7, 11) is 1.74. The van der Waals surface area contributed by atoms with Gasteiger partial charge in [-0.1, -0.05) is 41.6 Å². The highest BCUT2D eigenvalue weighted by Crippen LogP contribution is 2.14. The second-order valence-corrected chi connectivity index (χ2v) is 4.24. The van der Waals surface area contributed by atoms with Crippen LogP contribution >= 0.6 is 11.8 Å². The normalized spacial score (nSPS) is 11.5. The second-order valence-electron chi connectivity index (χ2n) is 3.04. The Labute approximate surface area is 89.0 Å². The standard InChI is InChI=1S/C11H14N2S/c1-8-4-6-10(7-5-8)11(12)14-9(2)13-3/h4-7,12H,1-3H3. The highest BCUT2D eigenvalue weighted by atomic mass is 32.2. The van der Waals surface area contributed by atoms with E-state index in [4.69, 9.17) is 5.41 Å². The molecule has 0 aliphatic heterocycles. The summed E-state index contributed by atoms with van der Waals surface area (Å²) in [5, 5.41) is 9.28. The molecule has 0 unspecified atom stereocenters. The van der Waals surface area contributed by atoms with Gasteiger partial charge in [0.15, 0.2) is 0 Å². The molecule has 3 heteroatoms. The number of aliphatic imine (C=N–C) groups is 1. The maximum Gasteiger partial charge on any atom is 0.100 e. The van der Waals surface area contributed by atoms with Crippen molar-refractivity contribution in [2.75, 3.05) is 7.05 Å². The summed E-state index contributed by atoms with van der Waals surface area (Å²) < 4.78 is 0. The number of hydrogen-bond donors (Lipinski definition) is 1. The molecule has 14 heavy (non-hydrogen) atoms. The molecular weight excluding hydrogens is 192 g/mol. The molecule has 0 aliphatic rings. The maximum absolute atomic E-state index is 7.82. The first kappa shape index (κ1) is 11.0. The molecule has 0 amide bonds. The largest absolute Gasteiger partial charge is 0.293 e. The quantitative estimate of drug-likeness (QED) is 0.556. The monoisotopic (exact) mass is 206 g/mol. The van der Waals surface area contributed by atoms with Crippen molar-refractivity contribution in [1.29, 1.82) is 5.41 Å². The van der Waals surface area contributed by atoms with Gasteiger partial charge in [-0.05, 0) is 13.8 Å². The summed E-state index contributed by atoms with van der Waals surface area (Å²) in [6.45, 7) is 3.95. The van der Waals surface area contributed by atoms with Crippen molar-refractivity contribution in [1.82, 2.24) is 0 Å². The minimum absolute atomic E-state index is 0.549. The van der Waals surface area contributed by atoms with Crippen LogP contribution in [-0.4, -0.2) is 17.1 Å². The molecule has 0 saturated heterocycles. The van der Waals surface area contributed by atoms with Crippen molar-refractivity contribution < 1.29 is 0 Å². The van der Waals surface area contributed by atoms with E-state index < -0.39 is 0 Å². The van der Waals surface area contributed by atoms with E-state index in [0.29, 0.717) is 5.04 Å². The lowest BCUT2D eigenvalue weighted by Gasteiger charge is -2.03. The lowest BCUT2D eigenvalue weighted by atomic mass is 10.2. The Balaban J connectivity index is 2.75. The molecule has 0 heterocycles. The summed E-state index contributed by atoms with van der Waals surface area (Å²) in [6, 6.07) is 7.97. The van der Waals surface area contributed by atoms with Crippen LogP contribution in [0.15, 0.2) is 29.3 Å². The summed E-state index contributed by atoms with van der Waals surface area (Å²) in [4.78, 5) is 4.01. The number of nitrogens with zero attached hydrogens (tertiary/aromatic N) is 1. The van der Waals surface area contributed by atoms with Crippen LogP contribution in [0.3, 0.4) is 0 Å². The third-order valence-corrected chi connectivity index (χ3v) is 2.80. The van der Waals surface area contributed by atoms with Gasteiger partial charge in [-0.3, -0.25) is 10.4 Å². The molecule has 0 radical (unpaired) electrons. The van der Waals surface area contributed by atoms with Crippen molar-refractivity contribution in [2.45, 2.75) is 13.8 Å². The molecule has 1 rings (SSSR count). The summed E-state index contributed by atoms with van der Waals surface area (Å²) in [5.41, 5.74) is 2.16. The van der Waals surface area contributed by atoms with Gasteiger partial charge in [0.05, 0.1) is 5.04 Å². The number of benzene rings is 1. The SMILES string of the molecule is CN=C(C)SC(=N)c1ccc(C)cc1. The molecule has 0 aromatic heterocycles. The lowest BCUT2D eigenvalue weighted by molar-refractivity contribution is 1.45. The fourth-order valence-corrected chi connectivity index (χ4v) is 1.60. The van der Waals surface area contributed by atoms with Gasteiger partial charge in [0, 0.05) is 12.6 Å². The van der Waals surface area contributed by atoms with E-state index in [9.17, 15) is 0 Å². The van der Waals surface area contributed by atoms with Crippen LogP contribution in [0.5, 0.6) is 0 Å². The Bertz CT molecular complexity index is 352. The Morgan fingerprint density at radius 2 is 1.86 bits per heavy atom. The van der Waals surface area contributed by atoms with Gasteiger partial charge in [-0.25, -0.2) is 0 Å². The fourth-order valence-electron chi connectivity index (χ4n) is 0.957. The molecule has 0 atom stereocenters. The minimum Gasteiger partial charge on any atom is -0.293 e. The summed E-state index contributed by atoms with van der Waals surface area (Å²) in [6.07, 6.45) is 0. The first-order valence-electron chi connectivity index (χ1n) is 4.40. The number of thioether (sulfide) groups is 1. The Kier molecular flexibility index (Phi) is 3.89. The van der Waals surface area contributed by atoms with Crippen molar-refractivity contribution >= 4 is 21.8 Å². The molecule has 0 bridgehead atoms. The van der Waals surface area contributed by atoms with E-state index in [-0.39, 0.29) is 0 Å². The topological polar surface area (TPSA) is 36.2 Å². The van der Waals surface area contributed by atoms with Gasteiger partial charge in [0.2, 0.25) is 0 Å². The van der Waals surface area contributed by atoms with E-state index in [2.05, 4.69) is 4.99 Å². The van der Waals surface area contributed by atoms with Crippen LogP contribution in [0.4, 0.5) is 0 Å². The minimum atomic E-state index is 0.549. The Morgan fingerprint density at radius 3 is 2.36 bits per heavy atom. The van der Waals surface area contributed by atoms with Gasteiger partial charge in [-0.2, -0.15) is 0 Å². The zero-order valence-electron chi connectivity index (χ0n) is 8.66. The van der Waals surface area contributed by atoms with Crippen LogP contribution < -0.4 is 0 Å². The van der Waals surface area contributed by atoms with Crippen molar-refractivity contribution in [2.24, 2.45) is 4.99 Å². The zero-order valence-corrected chi connectivity index (χ0v) is 9.48. The van der Waals surface area contributed by atoms with Gasteiger partial charge in [0.1, 0.15) is 5.04 Å². The van der Waals surface area contributed by atoms with Crippen LogP contribution in [-0.2, 0) is 0 Å². The molecule has 0 aliphatic carbocycles. The van der Waals surface area contributed by atoms with Gasteiger partial charge >= 0.3 is 0 Å². The first-order valence-corrected chi connectivity index (χ1v) is 5.22. The maximum atomic E-state index is 7.82. The average molecular weight is 206 g/mol. The van der Waals surface area contributed by atoms with Crippen LogP contribution in [0, 0.1) is 12.3 Å². The predicted molar refractivity (Wildman–Crippen MR) is 64.6 cm³/mol. The van der Waals surface area contributed by atoms with E-state index in [1.165, 1.54) is 17.3 Å². The number of rotatable bonds is 1. The van der Waals surface area contributed by atoms with E-state index in [1.54, 1.807) is 7.05 Å². The molecule has 2 nitrogen and oxygen atoms in total. The van der Waals surface area contributed by atoms with Gasteiger partial charge in [-0.15, -0.1) is 0 Å². The molecule has 74 valence electrons. The zero-order chi connectivity index (χ0) is 10.6. The third-order valence-electron chi connectivity index (χ3n) is 1.88. The highest BCUT2D eigenvalue weighted by Gasteiger charge is 2.02. The van der Waals surface area contributed by atoms with Crippen molar-refractivity contribution in [3.63, 3.8) is 0 Å². The Hall–Kier alpha value is -1.09. The lowest BCUT2D eigenvalue weighted by Crippen LogP contribution is -1.97. The Morgan fingerprint density at radius 1 is 1.29 bits per heavy atom. The first-order chi connectivity index (χ1) is 6.63. The smallest absolute Gasteiger partial charge is 0.100 e. The van der Waals surface area contributed by atoms with Gasteiger partial charge < -0.3 is 0 Å². The van der Waals surface area contributed by atoms with Crippen LogP contribution in [0.1, 0.15) is 18.1 Å². The second kappa shape index (κ2) is 4.96. The molecule has 1 aromatic carbocycles. The van der Waals surface area contributed by atoms with Crippen molar-refractivity contribution in [3.05, 3.63) is 35.4 Å². The average Bonchev–Trinajstić information content (AvgIpc) is 2.18. The molecule has 1 aromatic rings. The predicted octanol–water partition coefficient (Wildman–Crippen LogP) is 3.10. The molecule has 1 N–H and O–H groups in total. The molecule has 0 fully saturated rings. The number of aryl methyl sites for hydroxylation is 1. The molecule has 0 saturated carbocycles. The van der Waals surface area contributed by atoms with E-state index in [0.717, 1.165) is 10.6 Å². The fraction of sp³-hybridized carbons (Fsp3) is 0.273. The number of nitrogens with one attached hydrogen (secondary N) is 1. The number of hydrogen-bond acceptors (Lipinski definition) is 3. The summed E-state index contributed by atoms with van der Waals surface area (Å²) >= 11 is 1.39. The van der Waals surface area contributed by atoms with E-state index in [1.807, 2.05) is 38.1 Å². The molecular formula is C11H14N2S. The van der Waals surface area contributed by atoms with Crippen molar-refractivity contribution in [3.8, 4) is 0 Å². The van der Waals surface area contributed by atoms with Gasteiger partial charge in [0.25, 0.3) is 0 Å². The third kappa shape index (κ3) is 3.00. The highest BCUT2D eigenvalue weighted by molar-refractivity contribution is 8.26.